The number of morpholine rings is 1. The molecule has 2 aliphatic rings. The first-order valence-corrected chi connectivity index (χ1v) is 13.1. The molecule has 5 rings (SSSR count). The van der Waals surface area contributed by atoms with E-state index in [1.165, 1.54) is 17.0 Å². The normalized spacial score (nSPS) is 25.3. The lowest BCUT2D eigenvalue weighted by Crippen LogP contribution is -2.57. The Morgan fingerprint density at radius 1 is 1.14 bits per heavy atom. The maximum atomic E-state index is 11.8. The Kier molecular flexibility index (Phi) is 7.19. The van der Waals surface area contributed by atoms with Crippen molar-refractivity contribution in [2.75, 3.05) is 30.7 Å². The van der Waals surface area contributed by atoms with E-state index >= 15 is 0 Å². The SMILES string of the molecule is Cc1cc(C2CCC(N3CC(CNc4c(N)c(=O)c4=O)OCC3Cc3ccc(Cl)cc3)CC2)nn1C. The first kappa shape index (κ1) is 25.0. The Morgan fingerprint density at radius 3 is 2.50 bits per heavy atom. The first-order valence-electron chi connectivity index (χ1n) is 12.7. The molecule has 1 aromatic heterocycles. The van der Waals surface area contributed by atoms with Crippen molar-refractivity contribution in [3.8, 4) is 0 Å². The minimum atomic E-state index is -0.605. The van der Waals surface area contributed by atoms with E-state index in [0.29, 0.717) is 25.1 Å². The molecule has 3 N–H and O–H groups in total. The fraction of sp³-hybridized carbons (Fsp3) is 0.519. The Bertz CT molecular complexity index is 1250. The number of hydrogen-bond acceptors (Lipinski definition) is 7. The smallest absolute Gasteiger partial charge is 0.253 e. The van der Waals surface area contributed by atoms with Crippen LogP contribution in [0.1, 0.15) is 48.6 Å². The van der Waals surface area contributed by atoms with Crippen LogP contribution in [0.5, 0.6) is 0 Å². The zero-order valence-corrected chi connectivity index (χ0v) is 21.6. The molecule has 1 aliphatic carbocycles. The molecule has 192 valence electrons. The fourth-order valence-corrected chi connectivity index (χ4v) is 5.84. The number of nitrogens with one attached hydrogen (secondary N) is 1. The van der Waals surface area contributed by atoms with Gasteiger partial charge in [0.1, 0.15) is 11.4 Å². The number of aromatic nitrogens is 2. The minimum Gasteiger partial charge on any atom is -0.394 e. The lowest BCUT2D eigenvalue weighted by Gasteiger charge is -2.46. The number of nitrogens with two attached hydrogens (primary N) is 1. The van der Waals surface area contributed by atoms with Gasteiger partial charge < -0.3 is 15.8 Å². The van der Waals surface area contributed by atoms with Crippen LogP contribution in [0.3, 0.4) is 0 Å². The molecule has 2 heterocycles. The molecule has 36 heavy (non-hydrogen) atoms. The van der Waals surface area contributed by atoms with Crippen molar-refractivity contribution < 1.29 is 4.74 Å². The van der Waals surface area contributed by atoms with Crippen molar-refractivity contribution >= 4 is 23.0 Å². The number of aryl methyl sites for hydroxylation is 2. The minimum absolute atomic E-state index is 0.0244. The van der Waals surface area contributed by atoms with E-state index in [0.717, 1.165) is 43.7 Å². The Hall–Kier alpha value is -2.68. The van der Waals surface area contributed by atoms with Gasteiger partial charge in [0, 0.05) is 48.9 Å². The summed E-state index contributed by atoms with van der Waals surface area (Å²) in [5.74, 6) is 0.506. The third kappa shape index (κ3) is 5.08. The first-order chi connectivity index (χ1) is 17.3. The summed E-state index contributed by atoms with van der Waals surface area (Å²) in [6.07, 6.45) is 5.27. The van der Waals surface area contributed by atoms with E-state index in [1.807, 2.05) is 23.9 Å². The third-order valence-corrected chi connectivity index (χ3v) is 8.21. The Balaban J connectivity index is 1.26. The van der Waals surface area contributed by atoms with E-state index in [1.54, 1.807) is 0 Å². The summed E-state index contributed by atoms with van der Waals surface area (Å²) >= 11 is 6.10. The molecule has 1 saturated heterocycles. The van der Waals surface area contributed by atoms with Crippen molar-refractivity contribution in [3.63, 3.8) is 0 Å². The summed E-state index contributed by atoms with van der Waals surface area (Å²) in [6.45, 7) is 3.91. The van der Waals surface area contributed by atoms with Crippen LogP contribution >= 0.6 is 11.6 Å². The van der Waals surface area contributed by atoms with Gasteiger partial charge in [0.2, 0.25) is 0 Å². The standard InChI is InChI=1S/C27H34ClN5O3/c1-16-11-23(31-32(16)2)18-5-9-20(10-6-18)33-14-22(13-30-25-24(29)26(34)27(25)35)36-15-21(33)12-17-3-7-19(28)8-4-17/h3-4,7-8,11,18,20-22,30H,5-6,9-10,12-15,29H2,1-2H3. The molecule has 2 aromatic carbocycles. The molecule has 0 amide bonds. The van der Waals surface area contributed by atoms with Crippen LogP contribution in [0.15, 0.2) is 39.9 Å². The van der Waals surface area contributed by atoms with Gasteiger partial charge >= 0.3 is 0 Å². The highest BCUT2D eigenvalue weighted by atomic mass is 35.5. The molecule has 2 fully saturated rings. The van der Waals surface area contributed by atoms with Crippen LogP contribution < -0.4 is 21.9 Å². The highest BCUT2D eigenvalue weighted by Gasteiger charge is 2.36. The molecule has 2 atom stereocenters. The zero-order chi connectivity index (χ0) is 25.4. The summed E-state index contributed by atoms with van der Waals surface area (Å²) in [5, 5.41) is 8.53. The maximum Gasteiger partial charge on any atom is 0.253 e. The fourth-order valence-electron chi connectivity index (χ4n) is 5.71. The second-order valence-corrected chi connectivity index (χ2v) is 10.7. The number of hydrogen-bond donors (Lipinski definition) is 2. The topological polar surface area (TPSA) is 102 Å². The van der Waals surface area contributed by atoms with Crippen molar-refractivity contribution in [3.05, 3.63) is 72.8 Å². The van der Waals surface area contributed by atoms with Gasteiger partial charge in [-0.2, -0.15) is 5.10 Å². The average Bonchev–Trinajstić information content (AvgIpc) is 3.23. The van der Waals surface area contributed by atoms with Gasteiger partial charge in [-0.1, -0.05) is 23.7 Å². The molecule has 3 aromatic rings. The van der Waals surface area contributed by atoms with E-state index in [4.69, 9.17) is 27.2 Å². The van der Waals surface area contributed by atoms with Crippen LogP contribution in [0.4, 0.5) is 11.4 Å². The van der Waals surface area contributed by atoms with Crippen LogP contribution in [-0.2, 0) is 18.2 Å². The van der Waals surface area contributed by atoms with Gasteiger partial charge in [-0.25, -0.2) is 0 Å². The lowest BCUT2D eigenvalue weighted by atomic mass is 9.82. The summed E-state index contributed by atoms with van der Waals surface area (Å²) in [5.41, 5.74) is 8.44. The number of ether oxygens (including phenoxy) is 1. The predicted octanol–water partition coefficient (Wildman–Crippen LogP) is 3.01. The molecule has 8 nitrogen and oxygen atoms in total. The van der Waals surface area contributed by atoms with Crippen molar-refractivity contribution in [1.29, 1.82) is 0 Å². The monoisotopic (exact) mass is 511 g/mol. The second kappa shape index (κ2) is 10.4. The average molecular weight is 512 g/mol. The maximum absolute atomic E-state index is 11.8. The second-order valence-electron chi connectivity index (χ2n) is 10.3. The van der Waals surface area contributed by atoms with E-state index in [9.17, 15) is 9.59 Å². The van der Waals surface area contributed by atoms with Crippen LogP contribution in [0.2, 0.25) is 5.02 Å². The highest BCUT2D eigenvalue weighted by Crippen LogP contribution is 2.36. The summed E-state index contributed by atoms with van der Waals surface area (Å²) in [6, 6.07) is 11.0. The van der Waals surface area contributed by atoms with E-state index in [-0.39, 0.29) is 23.5 Å². The number of nitrogens with zero attached hydrogens (tertiary/aromatic N) is 3. The van der Waals surface area contributed by atoms with Crippen molar-refractivity contribution in [2.24, 2.45) is 7.05 Å². The molecule has 1 saturated carbocycles. The van der Waals surface area contributed by atoms with Crippen LogP contribution in [0.25, 0.3) is 0 Å². The van der Waals surface area contributed by atoms with E-state index in [2.05, 4.69) is 35.3 Å². The molecule has 0 spiro atoms. The number of rotatable bonds is 7. The number of anilines is 2. The Morgan fingerprint density at radius 2 is 1.86 bits per heavy atom. The summed E-state index contributed by atoms with van der Waals surface area (Å²) < 4.78 is 8.19. The van der Waals surface area contributed by atoms with Gasteiger partial charge in [0.05, 0.1) is 18.4 Å². The number of benzene rings is 1. The van der Waals surface area contributed by atoms with Gasteiger partial charge in [0.25, 0.3) is 10.9 Å². The zero-order valence-electron chi connectivity index (χ0n) is 20.9. The largest absolute Gasteiger partial charge is 0.394 e. The highest BCUT2D eigenvalue weighted by molar-refractivity contribution is 6.30. The Labute approximate surface area is 216 Å². The number of halogens is 1. The van der Waals surface area contributed by atoms with Gasteiger partial charge in [0.15, 0.2) is 0 Å². The summed E-state index contributed by atoms with van der Waals surface area (Å²) in [7, 11) is 2.00. The van der Waals surface area contributed by atoms with Gasteiger partial charge in [-0.15, -0.1) is 0 Å². The van der Waals surface area contributed by atoms with Gasteiger partial charge in [-0.3, -0.25) is 19.2 Å². The molecular weight excluding hydrogens is 478 g/mol. The van der Waals surface area contributed by atoms with Gasteiger partial charge in [-0.05, 0) is 62.8 Å². The summed E-state index contributed by atoms with van der Waals surface area (Å²) in [4.78, 5) is 25.8. The van der Waals surface area contributed by atoms with E-state index < -0.39 is 10.9 Å². The predicted molar refractivity (Wildman–Crippen MR) is 143 cm³/mol. The van der Waals surface area contributed by atoms with Crippen molar-refractivity contribution in [2.45, 2.75) is 63.1 Å². The van der Waals surface area contributed by atoms with Crippen LogP contribution in [0, 0.1) is 6.92 Å². The van der Waals surface area contributed by atoms with Crippen molar-refractivity contribution in [1.82, 2.24) is 14.7 Å². The molecule has 9 heteroatoms. The number of nitrogen functional groups attached to an aromatic ring is 1. The molecule has 2 unspecified atom stereocenters. The quantitative estimate of drug-likeness (QED) is 0.470. The molecular formula is C27H34ClN5O3. The molecule has 1 aliphatic heterocycles. The molecule has 0 bridgehead atoms. The molecule has 0 radical (unpaired) electrons. The lowest BCUT2D eigenvalue weighted by molar-refractivity contribution is -0.0789. The van der Waals surface area contributed by atoms with Crippen LogP contribution in [-0.4, -0.2) is 52.6 Å². The third-order valence-electron chi connectivity index (χ3n) is 7.96.